The zero-order valence-corrected chi connectivity index (χ0v) is 26.0. The van der Waals surface area contributed by atoms with Crippen LogP contribution in [-0.2, 0) is 25.7 Å². The van der Waals surface area contributed by atoms with Gasteiger partial charge in [-0.15, -0.1) is 11.3 Å². The third-order valence-corrected chi connectivity index (χ3v) is 8.92. The second kappa shape index (κ2) is 14.5. The molecule has 3 N–H and O–H groups in total. The van der Waals surface area contributed by atoms with E-state index >= 15 is 0 Å². The molecule has 0 unspecified atom stereocenters. The van der Waals surface area contributed by atoms with Crippen LogP contribution in [0.5, 0.6) is 0 Å². The molecule has 2 aliphatic rings. The molecular formula is C31H45N5O5S. The van der Waals surface area contributed by atoms with Crippen LogP contribution in [0.3, 0.4) is 0 Å². The molecule has 42 heavy (non-hydrogen) atoms. The third kappa shape index (κ3) is 8.59. The van der Waals surface area contributed by atoms with Crippen LogP contribution >= 0.6 is 11.3 Å². The summed E-state index contributed by atoms with van der Waals surface area (Å²) in [6.07, 6.45) is 2.98. The molecule has 2 fully saturated rings. The molecule has 1 aromatic heterocycles. The molecule has 3 atom stereocenters. The maximum atomic E-state index is 13.7. The molecule has 0 spiro atoms. The number of nitrogens with zero attached hydrogens (tertiary/aromatic N) is 3. The first-order valence-electron chi connectivity index (χ1n) is 14.9. The lowest BCUT2D eigenvalue weighted by atomic mass is 9.85. The highest BCUT2D eigenvalue weighted by Gasteiger charge is 2.44. The van der Waals surface area contributed by atoms with Crippen LogP contribution in [0.2, 0.25) is 0 Å². The highest BCUT2D eigenvalue weighted by atomic mass is 32.1. The molecule has 0 bridgehead atoms. The molecule has 2 aliphatic heterocycles. The number of hydrogen-bond donors (Lipinski definition) is 3. The minimum atomic E-state index is -0.876. The molecule has 0 saturated carbocycles. The van der Waals surface area contributed by atoms with Crippen molar-refractivity contribution in [2.45, 2.75) is 78.1 Å². The summed E-state index contributed by atoms with van der Waals surface area (Å²) in [5.41, 5.74) is 4.18. The summed E-state index contributed by atoms with van der Waals surface area (Å²) >= 11 is 1.59. The highest BCUT2D eigenvalue weighted by molar-refractivity contribution is 7.13. The summed E-state index contributed by atoms with van der Waals surface area (Å²) in [4.78, 5) is 48.9. The topological polar surface area (TPSA) is 124 Å². The number of amides is 3. The number of likely N-dealkylation sites (tertiary alicyclic amines) is 2. The predicted octanol–water partition coefficient (Wildman–Crippen LogP) is 2.73. The largest absolute Gasteiger partial charge is 0.391 e. The minimum absolute atomic E-state index is 0.0363. The van der Waals surface area contributed by atoms with Crippen LogP contribution in [0.1, 0.15) is 57.7 Å². The van der Waals surface area contributed by atoms with Crippen LogP contribution < -0.4 is 10.6 Å². The van der Waals surface area contributed by atoms with E-state index in [4.69, 9.17) is 4.74 Å². The standard InChI is InChI=1S/C31H45N5O5S/c1-21-27(42-20-33-21)23-10-8-22(9-11-23)17-32-29(39)25-16-24(37)18-36(25)30(40)28(31(2,3)4)34-26(38)19-41-15-14-35-12-6-5-7-13-35/h8-11,20,24-25,28,37H,5-7,12-19H2,1-4H3,(H,32,39)(H,34,38)/t24-,25+,28-/m1/s1. The summed E-state index contributed by atoms with van der Waals surface area (Å²) in [6.45, 7) is 11.1. The number of benzene rings is 1. The van der Waals surface area contributed by atoms with Crippen molar-refractivity contribution in [2.75, 3.05) is 39.4 Å². The number of carbonyl (C=O) groups excluding carboxylic acids is 3. The van der Waals surface area contributed by atoms with Crippen LogP contribution in [-0.4, -0.2) is 95.2 Å². The van der Waals surface area contributed by atoms with E-state index in [2.05, 4.69) is 20.5 Å². The Morgan fingerprint density at radius 3 is 2.50 bits per heavy atom. The number of nitrogens with one attached hydrogen (secondary N) is 2. The Kier molecular flexibility index (Phi) is 11.1. The van der Waals surface area contributed by atoms with Crippen LogP contribution in [0, 0.1) is 12.3 Å². The van der Waals surface area contributed by atoms with Gasteiger partial charge in [0.15, 0.2) is 0 Å². The van der Waals surface area contributed by atoms with Gasteiger partial charge in [0, 0.05) is 26.1 Å². The maximum Gasteiger partial charge on any atom is 0.246 e. The molecule has 3 amide bonds. The molecule has 11 heteroatoms. The first-order valence-corrected chi connectivity index (χ1v) is 15.8. The van der Waals surface area contributed by atoms with E-state index in [0.717, 1.165) is 41.3 Å². The second-order valence-electron chi connectivity index (χ2n) is 12.4. The van der Waals surface area contributed by atoms with Gasteiger partial charge in [-0.3, -0.25) is 14.4 Å². The zero-order chi connectivity index (χ0) is 30.3. The molecule has 230 valence electrons. The van der Waals surface area contributed by atoms with Crippen molar-refractivity contribution in [1.82, 2.24) is 25.4 Å². The van der Waals surface area contributed by atoms with Gasteiger partial charge in [0.05, 0.1) is 28.8 Å². The lowest BCUT2D eigenvalue weighted by Gasteiger charge is -2.35. The van der Waals surface area contributed by atoms with Crippen molar-refractivity contribution in [3.63, 3.8) is 0 Å². The van der Waals surface area contributed by atoms with Gasteiger partial charge in [0.25, 0.3) is 0 Å². The van der Waals surface area contributed by atoms with Crippen LogP contribution in [0.4, 0.5) is 0 Å². The van der Waals surface area contributed by atoms with E-state index in [1.807, 2.05) is 57.5 Å². The first kappa shape index (κ1) is 32.1. The summed E-state index contributed by atoms with van der Waals surface area (Å²) in [7, 11) is 0. The fourth-order valence-corrected chi connectivity index (χ4v) is 6.34. The summed E-state index contributed by atoms with van der Waals surface area (Å²) < 4.78 is 5.62. The molecular weight excluding hydrogens is 554 g/mol. The van der Waals surface area contributed by atoms with Gasteiger partial charge in [-0.25, -0.2) is 4.98 Å². The van der Waals surface area contributed by atoms with Gasteiger partial charge in [-0.1, -0.05) is 51.5 Å². The first-order chi connectivity index (χ1) is 20.0. The van der Waals surface area contributed by atoms with Gasteiger partial charge in [-0.05, 0) is 49.4 Å². The van der Waals surface area contributed by atoms with Gasteiger partial charge in [0.1, 0.15) is 18.7 Å². The summed E-state index contributed by atoms with van der Waals surface area (Å²) in [5, 5.41) is 16.2. The number of β-amino-alcohol motifs (C(OH)–C–C–N with tert-alkyl or cyclic N) is 1. The molecule has 0 aliphatic carbocycles. The monoisotopic (exact) mass is 599 g/mol. The second-order valence-corrected chi connectivity index (χ2v) is 13.3. The average molecular weight is 600 g/mol. The van der Waals surface area contributed by atoms with Crippen LogP contribution in [0.15, 0.2) is 29.8 Å². The number of rotatable bonds is 11. The Labute approximate surface area is 252 Å². The number of aromatic nitrogens is 1. The number of thiazole rings is 1. The lowest BCUT2D eigenvalue weighted by molar-refractivity contribution is -0.144. The Hall–Kier alpha value is -2.86. The van der Waals surface area contributed by atoms with Gasteiger partial charge in [-0.2, -0.15) is 0 Å². The number of hydrogen-bond acceptors (Lipinski definition) is 8. The number of carbonyl (C=O) groups is 3. The van der Waals surface area contributed by atoms with Crippen molar-refractivity contribution in [1.29, 1.82) is 0 Å². The molecule has 1 aromatic carbocycles. The Balaban J connectivity index is 1.31. The molecule has 3 heterocycles. The summed E-state index contributed by atoms with van der Waals surface area (Å²) in [5.74, 6) is -1.09. The van der Waals surface area contributed by atoms with Crippen molar-refractivity contribution < 1.29 is 24.2 Å². The fraction of sp³-hybridized carbons (Fsp3) is 0.613. The molecule has 10 nitrogen and oxygen atoms in total. The SMILES string of the molecule is Cc1ncsc1-c1ccc(CNC(=O)[C@@H]2C[C@@H](O)CN2C(=O)[C@@H](NC(=O)COCCN2CCCCC2)C(C)(C)C)cc1. The number of ether oxygens (including phenoxy) is 1. The molecule has 4 rings (SSSR count). The van der Waals surface area contributed by atoms with E-state index < -0.39 is 23.6 Å². The smallest absolute Gasteiger partial charge is 0.246 e. The molecule has 2 aromatic rings. The fourth-order valence-electron chi connectivity index (χ4n) is 5.52. The van der Waals surface area contributed by atoms with Crippen LogP contribution in [0.25, 0.3) is 10.4 Å². The zero-order valence-electron chi connectivity index (χ0n) is 25.2. The molecule has 2 saturated heterocycles. The lowest BCUT2D eigenvalue weighted by Crippen LogP contribution is -2.58. The summed E-state index contributed by atoms with van der Waals surface area (Å²) in [6, 6.07) is 6.23. The van der Waals surface area contributed by atoms with Crippen molar-refractivity contribution in [3.8, 4) is 10.4 Å². The van der Waals surface area contributed by atoms with Gasteiger partial charge >= 0.3 is 0 Å². The quantitative estimate of drug-likeness (QED) is 0.340. The Bertz CT molecular complexity index is 1210. The highest BCUT2D eigenvalue weighted by Crippen LogP contribution is 2.28. The predicted molar refractivity (Wildman–Crippen MR) is 163 cm³/mol. The van der Waals surface area contributed by atoms with Gasteiger partial charge in [0.2, 0.25) is 17.7 Å². The minimum Gasteiger partial charge on any atom is -0.391 e. The van der Waals surface area contributed by atoms with Crippen molar-refractivity contribution in [3.05, 3.63) is 41.0 Å². The average Bonchev–Trinajstić information content (AvgIpc) is 3.58. The number of piperidine rings is 1. The third-order valence-electron chi connectivity index (χ3n) is 7.95. The van der Waals surface area contributed by atoms with E-state index in [0.29, 0.717) is 13.2 Å². The van der Waals surface area contributed by atoms with E-state index in [1.54, 1.807) is 11.3 Å². The van der Waals surface area contributed by atoms with E-state index in [1.165, 1.54) is 24.2 Å². The normalized spacial score (nSPS) is 20.4. The Morgan fingerprint density at radius 1 is 1.14 bits per heavy atom. The van der Waals surface area contributed by atoms with E-state index in [9.17, 15) is 19.5 Å². The van der Waals surface area contributed by atoms with Crippen molar-refractivity contribution in [2.24, 2.45) is 5.41 Å². The van der Waals surface area contributed by atoms with E-state index in [-0.39, 0.29) is 37.3 Å². The van der Waals surface area contributed by atoms with Gasteiger partial charge < -0.3 is 30.3 Å². The Morgan fingerprint density at radius 2 is 1.86 bits per heavy atom. The number of aliphatic hydroxyl groups is 1. The number of aryl methyl sites for hydroxylation is 1. The number of aliphatic hydroxyl groups excluding tert-OH is 1. The maximum absolute atomic E-state index is 13.7. The molecule has 0 radical (unpaired) electrons. The van der Waals surface area contributed by atoms with Crippen molar-refractivity contribution >= 4 is 29.1 Å².